The van der Waals surface area contributed by atoms with Gasteiger partial charge in [0.05, 0.1) is 6.04 Å². The van der Waals surface area contributed by atoms with Crippen molar-refractivity contribution in [3.05, 3.63) is 0 Å². The van der Waals surface area contributed by atoms with Crippen molar-refractivity contribution < 1.29 is 14.4 Å². The Morgan fingerprint density at radius 1 is 1.25 bits per heavy atom. The zero-order chi connectivity index (χ0) is 12.9. The molecule has 0 aliphatic carbocycles. The van der Waals surface area contributed by atoms with E-state index in [1.165, 1.54) is 0 Å². The summed E-state index contributed by atoms with van der Waals surface area (Å²) in [5.74, 6) is -1.02. The first-order valence-corrected chi connectivity index (χ1v) is 4.80. The van der Waals surface area contributed by atoms with Crippen molar-refractivity contribution in [3.8, 4) is 0 Å². The van der Waals surface area contributed by atoms with E-state index in [4.69, 9.17) is 11.5 Å². The fourth-order valence-corrected chi connectivity index (χ4v) is 1.37. The van der Waals surface area contributed by atoms with Crippen LogP contribution in [0.2, 0.25) is 0 Å². The van der Waals surface area contributed by atoms with Gasteiger partial charge in [-0.3, -0.25) is 14.9 Å². The Balaban J connectivity index is 4.31. The van der Waals surface area contributed by atoms with Crippen molar-refractivity contribution in [2.75, 3.05) is 0 Å². The van der Waals surface area contributed by atoms with Gasteiger partial charge in [-0.25, -0.2) is 4.79 Å². The Morgan fingerprint density at radius 2 is 1.75 bits per heavy atom. The second-order valence-electron chi connectivity index (χ2n) is 4.25. The molecule has 1 unspecified atom stereocenters. The predicted octanol–water partition coefficient (Wildman–Crippen LogP) is -1.19. The van der Waals surface area contributed by atoms with E-state index >= 15 is 0 Å². The summed E-state index contributed by atoms with van der Waals surface area (Å²) in [5.41, 5.74) is 9.24. The average molecular weight is 230 g/mol. The van der Waals surface area contributed by atoms with E-state index in [1.54, 1.807) is 20.8 Å². The molecule has 92 valence electrons. The number of primary amides is 2. The van der Waals surface area contributed by atoms with Gasteiger partial charge >= 0.3 is 6.03 Å². The maximum Gasteiger partial charge on any atom is 0.318 e. The molecule has 0 bridgehead atoms. The monoisotopic (exact) mass is 230 g/mol. The van der Waals surface area contributed by atoms with Crippen LogP contribution in [-0.2, 0) is 9.59 Å². The highest BCUT2D eigenvalue weighted by Gasteiger charge is 2.25. The van der Waals surface area contributed by atoms with Crippen molar-refractivity contribution in [3.63, 3.8) is 0 Å². The fourth-order valence-electron chi connectivity index (χ4n) is 1.37. The lowest BCUT2D eigenvalue weighted by Gasteiger charge is -2.28. The number of urea groups is 1. The van der Waals surface area contributed by atoms with E-state index in [-0.39, 0.29) is 6.42 Å². The van der Waals surface area contributed by atoms with Crippen molar-refractivity contribution in [2.45, 2.75) is 38.8 Å². The summed E-state index contributed by atoms with van der Waals surface area (Å²) in [4.78, 5) is 32.5. The zero-order valence-corrected chi connectivity index (χ0v) is 9.66. The first-order chi connectivity index (χ1) is 7.14. The molecule has 16 heavy (non-hydrogen) atoms. The standard InChI is InChI=1S/C9H18N4O3/c1-5(7(15)12-8(11)16)13-9(2,3)4-6(10)14/h5,13H,4H2,1-3H3,(H2,10,14)(H3,11,12,15,16). The molecule has 0 aromatic heterocycles. The number of hydrogen-bond donors (Lipinski definition) is 4. The molecule has 0 fully saturated rings. The normalized spacial score (nSPS) is 12.9. The number of rotatable bonds is 5. The van der Waals surface area contributed by atoms with Gasteiger partial charge in [0, 0.05) is 12.0 Å². The van der Waals surface area contributed by atoms with Crippen LogP contribution in [0.25, 0.3) is 0 Å². The average Bonchev–Trinajstić information content (AvgIpc) is 1.98. The van der Waals surface area contributed by atoms with Gasteiger partial charge in [-0.15, -0.1) is 0 Å². The third-order valence-electron chi connectivity index (χ3n) is 1.86. The van der Waals surface area contributed by atoms with Crippen LogP contribution in [0.3, 0.4) is 0 Å². The summed E-state index contributed by atoms with van der Waals surface area (Å²) >= 11 is 0. The molecule has 0 aromatic rings. The molecule has 7 heteroatoms. The zero-order valence-electron chi connectivity index (χ0n) is 9.66. The van der Waals surface area contributed by atoms with Crippen LogP contribution in [0.1, 0.15) is 27.2 Å². The first kappa shape index (κ1) is 14.4. The predicted molar refractivity (Wildman–Crippen MR) is 58.2 cm³/mol. The molecule has 7 nitrogen and oxygen atoms in total. The highest BCUT2D eigenvalue weighted by atomic mass is 16.2. The molecule has 0 aromatic carbocycles. The van der Waals surface area contributed by atoms with E-state index in [0.29, 0.717) is 0 Å². The summed E-state index contributed by atoms with van der Waals surface area (Å²) < 4.78 is 0. The highest BCUT2D eigenvalue weighted by molar-refractivity contribution is 5.96. The van der Waals surface area contributed by atoms with E-state index in [2.05, 4.69) is 5.32 Å². The van der Waals surface area contributed by atoms with Crippen LogP contribution < -0.4 is 22.1 Å². The summed E-state index contributed by atoms with van der Waals surface area (Å²) in [6.45, 7) is 5.01. The van der Waals surface area contributed by atoms with E-state index in [0.717, 1.165) is 0 Å². The van der Waals surface area contributed by atoms with Crippen LogP contribution in [0, 0.1) is 0 Å². The minimum absolute atomic E-state index is 0.0845. The Labute approximate surface area is 93.9 Å². The molecular formula is C9H18N4O3. The van der Waals surface area contributed by atoms with Gasteiger partial charge in [0.25, 0.3) is 0 Å². The molecule has 0 radical (unpaired) electrons. The molecule has 0 spiro atoms. The summed E-state index contributed by atoms with van der Waals surface area (Å²) in [5, 5.41) is 4.81. The number of hydrogen-bond acceptors (Lipinski definition) is 4. The molecule has 0 aliphatic rings. The van der Waals surface area contributed by atoms with Crippen LogP contribution in [-0.4, -0.2) is 29.4 Å². The second kappa shape index (κ2) is 5.45. The van der Waals surface area contributed by atoms with Crippen LogP contribution in [0.15, 0.2) is 0 Å². The molecule has 0 saturated heterocycles. The van der Waals surface area contributed by atoms with Gasteiger partial charge in [0.2, 0.25) is 11.8 Å². The van der Waals surface area contributed by atoms with Crippen molar-refractivity contribution in [2.24, 2.45) is 11.5 Å². The number of nitrogens with one attached hydrogen (secondary N) is 2. The molecule has 6 N–H and O–H groups in total. The molecular weight excluding hydrogens is 212 g/mol. The van der Waals surface area contributed by atoms with Crippen molar-refractivity contribution in [1.82, 2.24) is 10.6 Å². The van der Waals surface area contributed by atoms with Gasteiger partial charge in [-0.2, -0.15) is 0 Å². The third-order valence-corrected chi connectivity index (χ3v) is 1.86. The SMILES string of the molecule is CC(NC(C)(C)CC(N)=O)C(=O)NC(N)=O. The van der Waals surface area contributed by atoms with E-state index < -0.39 is 29.4 Å². The lowest BCUT2D eigenvalue weighted by atomic mass is 9.99. The van der Waals surface area contributed by atoms with Gasteiger partial charge in [0.1, 0.15) is 0 Å². The molecule has 0 heterocycles. The molecule has 0 rings (SSSR count). The van der Waals surface area contributed by atoms with Gasteiger partial charge in [-0.1, -0.05) is 0 Å². The van der Waals surface area contributed by atoms with Crippen LogP contribution >= 0.6 is 0 Å². The third kappa shape index (κ3) is 5.97. The van der Waals surface area contributed by atoms with Crippen molar-refractivity contribution >= 4 is 17.8 Å². The smallest absolute Gasteiger partial charge is 0.318 e. The largest absolute Gasteiger partial charge is 0.370 e. The highest BCUT2D eigenvalue weighted by Crippen LogP contribution is 2.08. The van der Waals surface area contributed by atoms with Crippen LogP contribution in [0.4, 0.5) is 4.79 Å². The number of nitrogens with two attached hydrogens (primary N) is 2. The second-order valence-corrected chi connectivity index (χ2v) is 4.25. The summed E-state index contributed by atoms with van der Waals surface area (Å²) in [6.07, 6.45) is 0.0845. The lowest BCUT2D eigenvalue weighted by Crippen LogP contribution is -2.54. The quantitative estimate of drug-likeness (QED) is 0.473. The Kier molecular flexibility index (Phi) is 4.90. The Bertz CT molecular complexity index is 301. The lowest BCUT2D eigenvalue weighted by molar-refractivity contribution is -0.123. The van der Waals surface area contributed by atoms with Crippen molar-refractivity contribution in [1.29, 1.82) is 0 Å². The van der Waals surface area contributed by atoms with Gasteiger partial charge in [0.15, 0.2) is 0 Å². The molecule has 0 aliphatic heterocycles. The molecule has 1 atom stereocenters. The van der Waals surface area contributed by atoms with Gasteiger partial charge in [-0.05, 0) is 20.8 Å². The summed E-state index contributed by atoms with van der Waals surface area (Å²) in [6, 6.07) is -1.56. The minimum Gasteiger partial charge on any atom is -0.370 e. The Morgan fingerprint density at radius 3 is 2.12 bits per heavy atom. The topological polar surface area (TPSA) is 127 Å². The number of imide groups is 1. The number of amides is 4. The van der Waals surface area contributed by atoms with Crippen LogP contribution in [0.5, 0.6) is 0 Å². The minimum atomic E-state index is -0.911. The van der Waals surface area contributed by atoms with Gasteiger partial charge < -0.3 is 16.8 Å². The number of carbonyl (C=O) groups excluding carboxylic acids is 3. The molecule has 4 amide bonds. The van der Waals surface area contributed by atoms with E-state index in [9.17, 15) is 14.4 Å². The Hall–Kier alpha value is -1.63. The summed E-state index contributed by atoms with van der Waals surface area (Å²) in [7, 11) is 0. The molecule has 0 saturated carbocycles. The van der Waals surface area contributed by atoms with E-state index in [1.807, 2.05) is 5.32 Å². The maximum atomic E-state index is 11.3. The number of carbonyl (C=O) groups is 3. The maximum absolute atomic E-state index is 11.3. The first-order valence-electron chi connectivity index (χ1n) is 4.80. The fraction of sp³-hybridized carbons (Fsp3) is 0.667.